The van der Waals surface area contributed by atoms with Crippen LogP contribution in [0.15, 0.2) is 39.7 Å². The van der Waals surface area contributed by atoms with Gasteiger partial charge < -0.3 is 5.11 Å². The minimum Gasteiger partial charge on any atom is -0.384 e. The van der Waals surface area contributed by atoms with Gasteiger partial charge in [-0.05, 0) is 23.1 Å². The zero-order chi connectivity index (χ0) is 11.5. The van der Waals surface area contributed by atoms with Crippen LogP contribution >= 0.6 is 27.7 Å². The summed E-state index contributed by atoms with van der Waals surface area (Å²) in [6.45, 7) is 0. The summed E-state index contributed by atoms with van der Waals surface area (Å²) >= 11 is 4.93. The molecule has 0 saturated carbocycles. The smallest absolute Gasteiger partial charge is 0.163 e. The number of carbonyl (C=O) groups excluding carboxylic acids is 1. The number of thioether (sulfide) groups is 1. The van der Waals surface area contributed by atoms with Crippen LogP contribution in [0.25, 0.3) is 0 Å². The maximum Gasteiger partial charge on any atom is 0.163 e. The lowest BCUT2D eigenvalue weighted by Crippen LogP contribution is -2.14. The first-order valence-corrected chi connectivity index (χ1v) is 6.81. The molecule has 16 heavy (non-hydrogen) atoms. The van der Waals surface area contributed by atoms with Crippen LogP contribution in [0.3, 0.4) is 0 Å². The molecule has 1 aliphatic heterocycles. The van der Waals surface area contributed by atoms with Crippen molar-refractivity contribution in [1.29, 1.82) is 0 Å². The van der Waals surface area contributed by atoms with Gasteiger partial charge in [-0.1, -0.05) is 28.1 Å². The standard InChI is InChI=1S/C12H11BrO2S/c13-9-3-1-2-8(6-9)12(15)10-7-16-5-4-11(10)14/h1-3,6-7,12,15H,4-5H2. The Hall–Kier alpha value is -0.580. The third-order valence-electron chi connectivity index (χ3n) is 2.44. The van der Waals surface area contributed by atoms with Gasteiger partial charge in [0.15, 0.2) is 5.78 Å². The fraction of sp³-hybridized carbons (Fsp3) is 0.250. The molecule has 0 amide bonds. The molecule has 0 aliphatic carbocycles. The van der Waals surface area contributed by atoms with E-state index < -0.39 is 6.10 Å². The van der Waals surface area contributed by atoms with E-state index in [1.54, 1.807) is 17.2 Å². The highest BCUT2D eigenvalue weighted by molar-refractivity contribution is 9.10. The van der Waals surface area contributed by atoms with Gasteiger partial charge in [0.25, 0.3) is 0 Å². The summed E-state index contributed by atoms with van der Waals surface area (Å²) in [6.07, 6.45) is -0.292. The number of aliphatic hydroxyl groups is 1. The summed E-state index contributed by atoms with van der Waals surface area (Å²) < 4.78 is 0.903. The third-order valence-corrected chi connectivity index (χ3v) is 3.79. The lowest BCUT2D eigenvalue weighted by atomic mass is 9.98. The van der Waals surface area contributed by atoms with Crippen molar-refractivity contribution in [3.05, 3.63) is 45.3 Å². The van der Waals surface area contributed by atoms with Crippen LogP contribution in [0.4, 0.5) is 0 Å². The normalized spacial score (nSPS) is 18.1. The van der Waals surface area contributed by atoms with E-state index in [0.29, 0.717) is 12.0 Å². The zero-order valence-corrected chi connectivity index (χ0v) is 10.9. The second kappa shape index (κ2) is 5.17. The summed E-state index contributed by atoms with van der Waals surface area (Å²) in [6, 6.07) is 7.40. The summed E-state index contributed by atoms with van der Waals surface area (Å²) in [5, 5.41) is 11.9. The monoisotopic (exact) mass is 298 g/mol. The Morgan fingerprint density at radius 1 is 1.44 bits per heavy atom. The number of hydrogen-bond donors (Lipinski definition) is 1. The van der Waals surface area contributed by atoms with E-state index in [4.69, 9.17) is 0 Å². The molecule has 2 nitrogen and oxygen atoms in total. The lowest BCUT2D eigenvalue weighted by Gasteiger charge is -2.17. The first kappa shape index (κ1) is 11.9. The molecule has 1 aromatic carbocycles. The molecule has 1 heterocycles. The molecule has 1 aliphatic rings. The van der Waals surface area contributed by atoms with Crippen LogP contribution in [0.5, 0.6) is 0 Å². The third kappa shape index (κ3) is 2.56. The van der Waals surface area contributed by atoms with Crippen molar-refractivity contribution in [3.63, 3.8) is 0 Å². The number of aliphatic hydroxyl groups excluding tert-OH is 1. The maximum absolute atomic E-state index is 11.6. The van der Waals surface area contributed by atoms with Crippen molar-refractivity contribution < 1.29 is 9.90 Å². The minimum atomic E-state index is -0.808. The number of benzene rings is 1. The maximum atomic E-state index is 11.6. The van der Waals surface area contributed by atoms with Gasteiger partial charge in [0.2, 0.25) is 0 Å². The number of Topliss-reactive ketones (excluding diaryl/α,β-unsaturated/α-hetero) is 1. The molecule has 4 heteroatoms. The van der Waals surface area contributed by atoms with Gasteiger partial charge >= 0.3 is 0 Å². The Kier molecular flexibility index (Phi) is 3.84. The van der Waals surface area contributed by atoms with Gasteiger partial charge in [0.1, 0.15) is 6.10 Å². The van der Waals surface area contributed by atoms with Crippen LogP contribution in [0.2, 0.25) is 0 Å². The van der Waals surface area contributed by atoms with Crippen molar-refractivity contribution in [3.8, 4) is 0 Å². The van der Waals surface area contributed by atoms with Crippen LogP contribution < -0.4 is 0 Å². The highest BCUT2D eigenvalue weighted by Crippen LogP contribution is 2.30. The molecular formula is C12H11BrO2S. The van der Waals surface area contributed by atoms with E-state index in [1.165, 1.54) is 0 Å². The molecule has 2 rings (SSSR count). The number of halogens is 1. The average Bonchev–Trinajstić information content (AvgIpc) is 2.29. The molecule has 1 aromatic rings. The predicted molar refractivity (Wildman–Crippen MR) is 69.3 cm³/mol. The molecule has 0 radical (unpaired) electrons. The molecule has 0 bridgehead atoms. The fourth-order valence-electron chi connectivity index (χ4n) is 1.58. The van der Waals surface area contributed by atoms with Crippen molar-refractivity contribution in [1.82, 2.24) is 0 Å². The van der Waals surface area contributed by atoms with Gasteiger partial charge in [0.05, 0.1) is 0 Å². The summed E-state index contributed by atoms with van der Waals surface area (Å²) in [4.78, 5) is 11.6. The average molecular weight is 299 g/mol. The topological polar surface area (TPSA) is 37.3 Å². The predicted octanol–water partition coefficient (Wildman–Crippen LogP) is 3.07. The summed E-state index contributed by atoms with van der Waals surface area (Å²) in [5.41, 5.74) is 1.26. The second-order valence-corrected chi connectivity index (χ2v) is 5.47. The van der Waals surface area contributed by atoms with Crippen molar-refractivity contribution >= 4 is 33.5 Å². The molecule has 0 saturated heterocycles. The largest absolute Gasteiger partial charge is 0.384 e. The van der Waals surface area contributed by atoms with Crippen LogP contribution in [0.1, 0.15) is 18.1 Å². The van der Waals surface area contributed by atoms with Gasteiger partial charge in [-0.3, -0.25) is 4.79 Å². The van der Waals surface area contributed by atoms with E-state index in [9.17, 15) is 9.90 Å². The molecule has 1 unspecified atom stereocenters. The van der Waals surface area contributed by atoms with Crippen LogP contribution in [0, 0.1) is 0 Å². The van der Waals surface area contributed by atoms with Crippen LogP contribution in [-0.2, 0) is 4.79 Å². The molecule has 0 aromatic heterocycles. The lowest BCUT2D eigenvalue weighted by molar-refractivity contribution is -0.116. The van der Waals surface area contributed by atoms with Crippen molar-refractivity contribution in [2.75, 3.05) is 5.75 Å². The number of hydrogen-bond acceptors (Lipinski definition) is 3. The molecule has 1 N–H and O–H groups in total. The first-order chi connectivity index (χ1) is 7.68. The summed E-state index contributed by atoms with van der Waals surface area (Å²) in [5.74, 6) is 0.860. The van der Waals surface area contributed by atoms with E-state index in [1.807, 2.05) is 24.3 Å². The molecule has 84 valence electrons. The summed E-state index contributed by atoms with van der Waals surface area (Å²) in [7, 11) is 0. The van der Waals surface area contributed by atoms with Gasteiger partial charge in [-0.25, -0.2) is 0 Å². The SMILES string of the molecule is O=C1CCSC=C1C(O)c1cccc(Br)c1. The Labute approximate surface area is 107 Å². The van der Waals surface area contributed by atoms with E-state index in [0.717, 1.165) is 15.8 Å². The first-order valence-electron chi connectivity index (χ1n) is 4.97. The van der Waals surface area contributed by atoms with E-state index >= 15 is 0 Å². The van der Waals surface area contributed by atoms with E-state index in [-0.39, 0.29) is 5.78 Å². The number of ketones is 1. The Morgan fingerprint density at radius 2 is 2.25 bits per heavy atom. The van der Waals surface area contributed by atoms with Gasteiger partial charge in [-0.15, -0.1) is 11.8 Å². The number of carbonyl (C=O) groups is 1. The highest BCUT2D eigenvalue weighted by atomic mass is 79.9. The Balaban J connectivity index is 2.28. The van der Waals surface area contributed by atoms with Gasteiger partial charge in [0, 0.05) is 22.2 Å². The minimum absolute atomic E-state index is 0.0474. The van der Waals surface area contributed by atoms with Crippen LogP contribution in [-0.4, -0.2) is 16.6 Å². The molecule has 0 spiro atoms. The molecule has 1 atom stereocenters. The highest BCUT2D eigenvalue weighted by Gasteiger charge is 2.22. The number of rotatable bonds is 2. The van der Waals surface area contributed by atoms with Crippen molar-refractivity contribution in [2.24, 2.45) is 0 Å². The second-order valence-electron chi connectivity index (χ2n) is 3.57. The zero-order valence-electron chi connectivity index (χ0n) is 8.52. The fourth-order valence-corrected chi connectivity index (χ4v) is 2.86. The van der Waals surface area contributed by atoms with Gasteiger partial charge in [-0.2, -0.15) is 0 Å². The quantitative estimate of drug-likeness (QED) is 0.912. The van der Waals surface area contributed by atoms with E-state index in [2.05, 4.69) is 15.9 Å². The Morgan fingerprint density at radius 3 is 2.94 bits per heavy atom. The molecule has 0 fully saturated rings. The molecular weight excluding hydrogens is 288 g/mol. The Bertz CT molecular complexity index is 442. The van der Waals surface area contributed by atoms with Crippen molar-refractivity contribution in [2.45, 2.75) is 12.5 Å².